The highest BCUT2D eigenvalue weighted by Crippen LogP contribution is 2.38. The molecular formula is C15H23NO2. The van der Waals surface area contributed by atoms with Crippen molar-refractivity contribution in [2.75, 3.05) is 26.2 Å². The third-order valence-electron chi connectivity index (χ3n) is 4.02. The number of aliphatic hydroxyl groups excluding tert-OH is 1. The van der Waals surface area contributed by atoms with Crippen LogP contribution in [0.25, 0.3) is 0 Å². The fraction of sp³-hybridized carbons (Fsp3) is 0.600. The number of rotatable bonds is 5. The van der Waals surface area contributed by atoms with E-state index in [1.54, 1.807) is 6.07 Å². The molecule has 2 N–H and O–H groups in total. The summed E-state index contributed by atoms with van der Waals surface area (Å²) in [5.74, 6) is 0.318. The van der Waals surface area contributed by atoms with Gasteiger partial charge in [-0.05, 0) is 50.0 Å². The van der Waals surface area contributed by atoms with Crippen molar-refractivity contribution < 1.29 is 10.2 Å². The second-order valence-corrected chi connectivity index (χ2v) is 5.33. The van der Waals surface area contributed by atoms with Gasteiger partial charge in [0, 0.05) is 18.6 Å². The molecule has 3 nitrogen and oxygen atoms in total. The minimum Gasteiger partial charge on any atom is -0.508 e. The van der Waals surface area contributed by atoms with Gasteiger partial charge in [-0.15, -0.1) is 0 Å². The Kier molecular flexibility index (Phi) is 4.25. The van der Waals surface area contributed by atoms with Gasteiger partial charge in [0.1, 0.15) is 5.75 Å². The Hall–Kier alpha value is -1.06. The summed E-state index contributed by atoms with van der Waals surface area (Å²) in [4.78, 5) is 2.46. The molecule has 1 unspecified atom stereocenters. The maximum absolute atomic E-state index is 9.65. The largest absolute Gasteiger partial charge is 0.508 e. The van der Waals surface area contributed by atoms with Crippen molar-refractivity contribution in [2.45, 2.75) is 31.6 Å². The lowest BCUT2D eigenvalue weighted by atomic mass is 9.77. The van der Waals surface area contributed by atoms with Crippen molar-refractivity contribution in [3.05, 3.63) is 29.8 Å². The molecule has 1 heterocycles. The Labute approximate surface area is 109 Å². The number of phenolic OH excluding ortho intramolecular Hbond substituents is 1. The van der Waals surface area contributed by atoms with Gasteiger partial charge in [-0.25, -0.2) is 0 Å². The van der Waals surface area contributed by atoms with Gasteiger partial charge in [-0.1, -0.05) is 19.1 Å². The zero-order chi connectivity index (χ0) is 13.0. The molecule has 0 aliphatic carbocycles. The summed E-state index contributed by atoms with van der Waals surface area (Å²) in [5.41, 5.74) is 1.18. The van der Waals surface area contributed by atoms with E-state index in [9.17, 15) is 10.2 Å². The summed E-state index contributed by atoms with van der Waals surface area (Å²) >= 11 is 0. The number of benzene rings is 1. The molecule has 100 valence electrons. The maximum atomic E-state index is 9.65. The summed E-state index contributed by atoms with van der Waals surface area (Å²) in [7, 11) is 0. The van der Waals surface area contributed by atoms with Gasteiger partial charge in [0.05, 0.1) is 0 Å². The third kappa shape index (κ3) is 2.68. The molecule has 0 bridgehead atoms. The highest BCUT2D eigenvalue weighted by molar-refractivity contribution is 5.34. The Bertz CT molecular complexity index is 394. The maximum Gasteiger partial charge on any atom is 0.115 e. The van der Waals surface area contributed by atoms with Gasteiger partial charge < -0.3 is 15.1 Å². The van der Waals surface area contributed by atoms with Gasteiger partial charge in [0.15, 0.2) is 0 Å². The smallest absolute Gasteiger partial charge is 0.115 e. The molecule has 1 saturated heterocycles. The van der Waals surface area contributed by atoms with Crippen LogP contribution < -0.4 is 0 Å². The van der Waals surface area contributed by atoms with Crippen LogP contribution in [-0.4, -0.2) is 41.4 Å². The molecule has 0 saturated carbocycles. The van der Waals surface area contributed by atoms with Gasteiger partial charge in [0.25, 0.3) is 0 Å². The average Bonchev–Trinajstić information content (AvgIpc) is 2.75. The van der Waals surface area contributed by atoms with E-state index in [-0.39, 0.29) is 12.0 Å². The van der Waals surface area contributed by atoms with E-state index >= 15 is 0 Å². The quantitative estimate of drug-likeness (QED) is 0.840. The number of aromatic hydroxyl groups is 1. The minimum atomic E-state index is 0.0165. The number of nitrogens with zero attached hydrogens (tertiary/aromatic N) is 1. The van der Waals surface area contributed by atoms with Crippen LogP contribution in [0, 0.1) is 0 Å². The summed E-state index contributed by atoms with van der Waals surface area (Å²) in [6, 6.07) is 7.52. The number of hydrogen-bond donors (Lipinski definition) is 2. The topological polar surface area (TPSA) is 43.7 Å². The van der Waals surface area contributed by atoms with Crippen LogP contribution in [0.1, 0.15) is 31.7 Å². The van der Waals surface area contributed by atoms with Crippen molar-refractivity contribution in [3.8, 4) is 5.75 Å². The first-order valence-electron chi connectivity index (χ1n) is 6.83. The number of likely N-dealkylation sites (tertiary alicyclic amines) is 1. The van der Waals surface area contributed by atoms with Crippen LogP contribution in [0.4, 0.5) is 0 Å². The van der Waals surface area contributed by atoms with Crippen LogP contribution in [0.5, 0.6) is 5.75 Å². The van der Waals surface area contributed by atoms with E-state index in [4.69, 9.17) is 0 Å². The van der Waals surface area contributed by atoms with Crippen LogP contribution in [0.15, 0.2) is 24.3 Å². The van der Waals surface area contributed by atoms with Crippen LogP contribution >= 0.6 is 0 Å². The molecule has 1 aliphatic heterocycles. The van der Waals surface area contributed by atoms with Crippen molar-refractivity contribution >= 4 is 0 Å². The van der Waals surface area contributed by atoms with E-state index in [0.717, 1.165) is 44.5 Å². The fourth-order valence-electron chi connectivity index (χ4n) is 3.10. The zero-order valence-corrected chi connectivity index (χ0v) is 11.1. The Morgan fingerprint density at radius 2 is 2.22 bits per heavy atom. The SMILES string of the molecule is CCCN1CCC(CCO)(c2cccc(O)c2)C1. The average molecular weight is 249 g/mol. The predicted molar refractivity (Wildman–Crippen MR) is 72.8 cm³/mol. The monoisotopic (exact) mass is 249 g/mol. The van der Waals surface area contributed by atoms with E-state index in [0.29, 0.717) is 5.75 Å². The molecule has 1 aromatic carbocycles. The highest BCUT2D eigenvalue weighted by Gasteiger charge is 2.38. The molecule has 1 fully saturated rings. The molecule has 1 atom stereocenters. The van der Waals surface area contributed by atoms with Gasteiger partial charge in [-0.3, -0.25) is 0 Å². The minimum absolute atomic E-state index is 0.0165. The molecule has 0 aromatic heterocycles. The number of phenols is 1. The molecule has 3 heteroatoms. The molecule has 1 aliphatic rings. The van der Waals surface area contributed by atoms with Gasteiger partial charge in [-0.2, -0.15) is 0 Å². The van der Waals surface area contributed by atoms with Crippen molar-refractivity contribution in [1.82, 2.24) is 4.90 Å². The molecule has 0 radical (unpaired) electrons. The van der Waals surface area contributed by atoms with E-state index in [1.807, 2.05) is 12.1 Å². The standard InChI is InChI=1S/C15H23NO2/c1-2-8-16-9-6-15(12-16,7-10-17)13-4-3-5-14(18)11-13/h3-5,11,17-18H,2,6-10,12H2,1H3. The Morgan fingerprint density at radius 1 is 1.39 bits per heavy atom. The van der Waals surface area contributed by atoms with Crippen LogP contribution in [0.3, 0.4) is 0 Å². The molecule has 18 heavy (non-hydrogen) atoms. The van der Waals surface area contributed by atoms with E-state index in [1.165, 1.54) is 0 Å². The predicted octanol–water partition coefficient (Wildman–Crippen LogP) is 2.13. The zero-order valence-electron chi connectivity index (χ0n) is 11.1. The van der Waals surface area contributed by atoms with Crippen LogP contribution in [-0.2, 0) is 5.41 Å². The lowest BCUT2D eigenvalue weighted by Crippen LogP contribution is -2.32. The molecule has 0 spiro atoms. The summed E-state index contributed by atoms with van der Waals surface area (Å²) in [6.45, 7) is 5.59. The van der Waals surface area contributed by atoms with Crippen molar-refractivity contribution in [3.63, 3.8) is 0 Å². The fourth-order valence-corrected chi connectivity index (χ4v) is 3.10. The van der Waals surface area contributed by atoms with Gasteiger partial charge >= 0.3 is 0 Å². The van der Waals surface area contributed by atoms with Gasteiger partial charge in [0.2, 0.25) is 0 Å². The lowest BCUT2D eigenvalue weighted by Gasteiger charge is -2.29. The first-order valence-corrected chi connectivity index (χ1v) is 6.83. The second kappa shape index (κ2) is 5.72. The third-order valence-corrected chi connectivity index (χ3v) is 4.02. The number of hydrogen-bond acceptors (Lipinski definition) is 3. The Morgan fingerprint density at radius 3 is 2.89 bits per heavy atom. The summed E-state index contributed by atoms with van der Waals surface area (Å²) in [5, 5.41) is 19.0. The van der Waals surface area contributed by atoms with Crippen LogP contribution in [0.2, 0.25) is 0 Å². The normalized spacial score (nSPS) is 24.6. The number of aliphatic hydroxyl groups is 1. The first kappa shape index (κ1) is 13.4. The first-order chi connectivity index (χ1) is 8.70. The van der Waals surface area contributed by atoms with E-state index < -0.39 is 0 Å². The molecule has 0 amide bonds. The summed E-state index contributed by atoms with van der Waals surface area (Å²) < 4.78 is 0. The van der Waals surface area contributed by atoms with Crippen molar-refractivity contribution in [1.29, 1.82) is 0 Å². The Balaban J connectivity index is 2.23. The van der Waals surface area contributed by atoms with E-state index in [2.05, 4.69) is 17.9 Å². The molecular weight excluding hydrogens is 226 g/mol. The molecule has 1 aromatic rings. The second-order valence-electron chi connectivity index (χ2n) is 5.33. The lowest BCUT2D eigenvalue weighted by molar-refractivity contribution is 0.229. The van der Waals surface area contributed by atoms with Crippen molar-refractivity contribution in [2.24, 2.45) is 0 Å². The summed E-state index contributed by atoms with van der Waals surface area (Å²) in [6.07, 6.45) is 3.00. The molecule has 2 rings (SSSR count). The highest BCUT2D eigenvalue weighted by atomic mass is 16.3.